The Kier molecular flexibility index (Phi) is 9.39. The zero-order valence-electron chi connectivity index (χ0n) is 35.9. The number of ketones is 2. The Hall–Kier alpha value is -7.95. The number of allylic oxidation sites excluding steroid dienone is 1. The van der Waals surface area contributed by atoms with E-state index in [0.717, 1.165) is 73.7 Å². The molecule has 0 saturated heterocycles. The second-order valence-electron chi connectivity index (χ2n) is 16.9. The monoisotopic (exact) mass is 825 g/mol. The van der Waals surface area contributed by atoms with E-state index in [4.69, 9.17) is 6.58 Å². The molecule has 0 amide bonds. The van der Waals surface area contributed by atoms with Crippen LogP contribution in [0.1, 0.15) is 64.1 Å². The van der Waals surface area contributed by atoms with E-state index in [9.17, 15) is 9.59 Å². The summed E-state index contributed by atoms with van der Waals surface area (Å²) in [5.74, 6) is -0.00798. The number of hydrogen-bond acceptors (Lipinski definition) is 2. The van der Waals surface area contributed by atoms with Gasteiger partial charge in [-0.3, -0.25) is 9.59 Å². The van der Waals surface area contributed by atoms with Crippen molar-refractivity contribution in [2.24, 2.45) is 0 Å². The minimum Gasteiger partial charge on any atom is -0.309 e. The number of para-hydroxylation sites is 1. The molecule has 0 unspecified atom stereocenters. The number of fused-ring (bicyclic) bond motifs is 8. The van der Waals surface area contributed by atoms with Gasteiger partial charge in [0.2, 0.25) is 11.2 Å². The SMILES string of the molecule is C=C1c2ccc(-n3c4ccc(-c5cccc(C(=O)c6ccccc6)c5)cc4c4cc(-c5cccc(C(=O)c6ccccc6)c5)ccc43)cc2-c2ccc3ccccc3[n+]2C1(CC)CC. The maximum absolute atomic E-state index is 13.6. The molecule has 2 aromatic heterocycles. The summed E-state index contributed by atoms with van der Waals surface area (Å²) in [6.07, 6.45) is 1.86. The Morgan fingerprint density at radius 1 is 0.484 bits per heavy atom. The third-order valence-corrected chi connectivity index (χ3v) is 13.6. The standard InChI is InChI=1S/C60H45N2O2/c1-4-60(5-2)39(3)50-30-29-49(38-53(50)57-33-26-40-16-12-13-25-54(40)62(57)60)61-55-31-27-45(43-21-14-23-47(34-43)58(63)41-17-8-6-9-18-41)36-51(55)52-37-46(28-32-56(52)61)44-22-15-24-48(35-44)59(64)42-19-10-7-11-20-42/h6-38H,3-5H2,1-2H3/q+1. The molecule has 0 atom stereocenters. The first-order valence-corrected chi connectivity index (χ1v) is 22.1. The van der Waals surface area contributed by atoms with Crippen molar-refractivity contribution in [2.45, 2.75) is 32.2 Å². The average molecular weight is 826 g/mol. The molecule has 0 N–H and O–H groups in total. The molecular formula is C60H45N2O2+. The molecule has 0 saturated carbocycles. The Balaban J connectivity index is 1.10. The predicted molar refractivity (Wildman–Crippen MR) is 262 cm³/mol. The van der Waals surface area contributed by atoms with Crippen molar-refractivity contribution in [3.05, 3.63) is 235 Å². The molecule has 1 aliphatic rings. The van der Waals surface area contributed by atoms with Gasteiger partial charge in [0.25, 0.3) is 0 Å². The summed E-state index contributed by atoms with van der Waals surface area (Å²) in [6, 6.07) is 68.1. The van der Waals surface area contributed by atoms with Crippen LogP contribution in [-0.4, -0.2) is 16.1 Å². The first kappa shape index (κ1) is 38.9. The first-order chi connectivity index (χ1) is 31.4. The molecule has 11 rings (SSSR count). The predicted octanol–water partition coefficient (Wildman–Crippen LogP) is 14.2. The fourth-order valence-corrected chi connectivity index (χ4v) is 10.3. The highest BCUT2D eigenvalue weighted by atomic mass is 16.1. The van der Waals surface area contributed by atoms with E-state index < -0.39 is 0 Å². The van der Waals surface area contributed by atoms with Crippen LogP contribution in [-0.2, 0) is 5.54 Å². The molecule has 64 heavy (non-hydrogen) atoms. The largest absolute Gasteiger partial charge is 0.309 e. The maximum Gasteiger partial charge on any atom is 0.214 e. The number of rotatable bonds is 9. The lowest BCUT2D eigenvalue weighted by Crippen LogP contribution is -2.59. The van der Waals surface area contributed by atoms with Gasteiger partial charge in [0.1, 0.15) is 0 Å². The highest BCUT2D eigenvalue weighted by Gasteiger charge is 2.48. The number of benzene rings is 8. The molecule has 0 bridgehead atoms. The third-order valence-electron chi connectivity index (χ3n) is 13.6. The summed E-state index contributed by atoms with van der Waals surface area (Å²) in [4.78, 5) is 27.2. The molecule has 4 nitrogen and oxygen atoms in total. The van der Waals surface area contributed by atoms with E-state index in [1.807, 2.05) is 97.1 Å². The molecule has 8 aromatic carbocycles. The van der Waals surface area contributed by atoms with Gasteiger partial charge in [-0.15, -0.1) is 0 Å². The van der Waals surface area contributed by atoms with Crippen LogP contribution in [0.5, 0.6) is 0 Å². The second-order valence-corrected chi connectivity index (χ2v) is 16.9. The van der Waals surface area contributed by atoms with Crippen LogP contribution in [0, 0.1) is 0 Å². The average Bonchev–Trinajstić information content (AvgIpc) is 3.69. The van der Waals surface area contributed by atoms with Crippen LogP contribution in [0.4, 0.5) is 0 Å². The van der Waals surface area contributed by atoms with Crippen molar-refractivity contribution in [1.82, 2.24) is 4.57 Å². The summed E-state index contributed by atoms with van der Waals surface area (Å²) in [7, 11) is 0. The number of hydrogen-bond donors (Lipinski definition) is 0. The van der Waals surface area contributed by atoms with Gasteiger partial charge in [-0.2, -0.15) is 4.57 Å². The summed E-state index contributed by atoms with van der Waals surface area (Å²) in [6.45, 7) is 9.38. The fourth-order valence-electron chi connectivity index (χ4n) is 10.3. The van der Waals surface area contributed by atoms with Crippen LogP contribution >= 0.6 is 0 Å². The van der Waals surface area contributed by atoms with Crippen LogP contribution < -0.4 is 4.57 Å². The molecule has 1 aliphatic heterocycles. The van der Waals surface area contributed by atoms with E-state index in [-0.39, 0.29) is 17.1 Å². The minimum atomic E-state index is -0.254. The van der Waals surface area contributed by atoms with Crippen LogP contribution in [0.15, 0.2) is 207 Å². The summed E-state index contributed by atoms with van der Waals surface area (Å²) >= 11 is 0. The summed E-state index contributed by atoms with van der Waals surface area (Å²) in [5.41, 5.74) is 15.4. The lowest BCUT2D eigenvalue weighted by atomic mass is 9.75. The summed E-state index contributed by atoms with van der Waals surface area (Å²) < 4.78 is 4.92. The molecule has 0 spiro atoms. The van der Waals surface area contributed by atoms with Gasteiger partial charge >= 0.3 is 0 Å². The Bertz CT molecular complexity index is 3370. The molecule has 10 aromatic rings. The molecule has 0 aliphatic carbocycles. The van der Waals surface area contributed by atoms with Crippen molar-refractivity contribution in [2.75, 3.05) is 0 Å². The summed E-state index contributed by atoms with van der Waals surface area (Å²) in [5, 5.41) is 3.39. The molecular weight excluding hydrogens is 781 g/mol. The zero-order chi connectivity index (χ0) is 43.5. The highest BCUT2D eigenvalue weighted by Crippen LogP contribution is 2.46. The number of carbonyl (C=O) groups is 2. The molecule has 0 radical (unpaired) electrons. The smallest absolute Gasteiger partial charge is 0.214 e. The Morgan fingerprint density at radius 2 is 1.00 bits per heavy atom. The van der Waals surface area contributed by atoms with Crippen molar-refractivity contribution in [1.29, 1.82) is 0 Å². The topological polar surface area (TPSA) is 43.0 Å². The Labute approximate surface area is 373 Å². The van der Waals surface area contributed by atoms with Gasteiger partial charge in [-0.05, 0) is 88.5 Å². The molecule has 4 heteroatoms. The molecule has 306 valence electrons. The van der Waals surface area contributed by atoms with Gasteiger partial charge in [0.15, 0.2) is 17.1 Å². The number of carbonyl (C=O) groups excluding carboxylic acids is 2. The van der Waals surface area contributed by atoms with Crippen molar-refractivity contribution >= 4 is 49.8 Å². The fraction of sp³-hybridized carbons (Fsp3) is 0.0833. The normalized spacial score (nSPS) is 12.9. The van der Waals surface area contributed by atoms with E-state index in [2.05, 4.69) is 126 Å². The van der Waals surface area contributed by atoms with Crippen molar-refractivity contribution in [3.8, 4) is 39.2 Å². The van der Waals surface area contributed by atoms with Gasteiger partial charge < -0.3 is 4.57 Å². The highest BCUT2D eigenvalue weighted by molar-refractivity contribution is 6.13. The Morgan fingerprint density at radius 3 is 1.56 bits per heavy atom. The van der Waals surface area contributed by atoms with Crippen molar-refractivity contribution in [3.63, 3.8) is 0 Å². The van der Waals surface area contributed by atoms with Gasteiger partial charge in [-0.25, -0.2) is 0 Å². The van der Waals surface area contributed by atoms with Crippen LogP contribution in [0.25, 0.3) is 77.5 Å². The minimum absolute atomic E-state index is 0.00399. The van der Waals surface area contributed by atoms with Gasteiger partial charge in [0, 0.05) is 74.6 Å². The molecule has 0 fully saturated rings. The van der Waals surface area contributed by atoms with E-state index in [0.29, 0.717) is 22.3 Å². The molecule has 3 heterocycles. The van der Waals surface area contributed by atoms with Gasteiger partial charge in [-0.1, -0.05) is 148 Å². The zero-order valence-corrected chi connectivity index (χ0v) is 35.9. The van der Waals surface area contributed by atoms with Crippen LogP contribution in [0.2, 0.25) is 0 Å². The maximum atomic E-state index is 13.6. The lowest BCUT2D eigenvalue weighted by Gasteiger charge is -2.35. The van der Waals surface area contributed by atoms with Crippen molar-refractivity contribution < 1.29 is 14.2 Å². The third kappa shape index (κ3) is 6.17. The second kappa shape index (κ2) is 15.4. The van der Waals surface area contributed by atoms with E-state index in [1.165, 1.54) is 22.2 Å². The van der Waals surface area contributed by atoms with E-state index in [1.54, 1.807) is 0 Å². The number of nitrogens with zero attached hydrogens (tertiary/aromatic N) is 2. The van der Waals surface area contributed by atoms with E-state index >= 15 is 0 Å². The van der Waals surface area contributed by atoms with Gasteiger partial charge in [0.05, 0.1) is 16.6 Å². The lowest BCUT2D eigenvalue weighted by molar-refractivity contribution is -0.718. The number of pyridine rings is 1. The van der Waals surface area contributed by atoms with Crippen LogP contribution in [0.3, 0.4) is 0 Å². The number of aromatic nitrogens is 2. The quantitative estimate of drug-likeness (QED) is 0.107. The first-order valence-electron chi connectivity index (χ1n) is 22.1.